The fourth-order valence-corrected chi connectivity index (χ4v) is 0.967. The van der Waals surface area contributed by atoms with E-state index < -0.39 is 0 Å². The average Bonchev–Trinajstić information content (AvgIpc) is 2.51. The molecule has 1 saturated heterocycles. The molecule has 0 spiro atoms. The molecule has 0 aromatic rings. The van der Waals surface area contributed by atoms with Crippen molar-refractivity contribution in [3.8, 4) is 0 Å². The standard InChI is InChI=1S/C5H9ClOS/c6-1-2-7-3-5-4-8-5/h5H,1-4H2. The zero-order valence-corrected chi connectivity index (χ0v) is 6.17. The van der Waals surface area contributed by atoms with Crippen LogP contribution in [0.25, 0.3) is 0 Å². The molecule has 0 aromatic heterocycles. The van der Waals surface area contributed by atoms with Gasteiger partial charge in [-0.3, -0.25) is 0 Å². The van der Waals surface area contributed by atoms with Gasteiger partial charge in [-0.1, -0.05) is 0 Å². The van der Waals surface area contributed by atoms with E-state index in [4.69, 9.17) is 16.3 Å². The summed E-state index contributed by atoms with van der Waals surface area (Å²) < 4.78 is 5.15. The molecule has 8 heavy (non-hydrogen) atoms. The molecule has 1 aliphatic heterocycles. The molecule has 1 unspecified atom stereocenters. The Morgan fingerprint density at radius 1 is 1.75 bits per heavy atom. The van der Waals surface area contributed by atoms with E-state index in [1.165, 1.54) is 5.75 Å². The van der Waals surface area contributed by atoms with Crippen molar-refractivity contribution in [1.29, 1.82) is 0 Å². The summed E-state index contributed by atoms with van der Waals surface area (Å²) in [6, 6.07) is 0. The van der Waals surface area contributed by atoms with E-state index in [1.54, 1.807) is 0 Å². The highest BCUT2D eigenvalue weighted by Gasteiger charge is 2.21. The molecule has 1 nitrogen and oxygen atoms in total. The zero-order chi connectivity index (χ0) is 5.82. The lowest BCUT2D eigenvalue weighted by Gasteiger charge is -1.95. The van der Waals surface area contributed by atoms with Gasteiger partial charge in [0, 0.05) is 16.9 Å². The molecule has 0 aromatic carbocycles. The summed E-state index contributed by atoms with van der Waals surface area (Å²) in [6.45, 7) is 1.61. The number of halogens is 1. The van der Waals surface area contributed by atoms with E-state index in [0.717, 1.165) is 11.9 Å². The second kappa shape index (κ2) is 3.59. The van der Waals surface area contributed by atoms with Crippen molar-refractivity contribution in [1.82, 2.24) is 0 Å². The minimum Gasteiger partial charge on any atom is -0.379 e. The average molecular weight is 153 g/mol. The number of alkyl halides is 1. The Morgan fingerprint density at radius 2 is 2.50 bits per heavy atom. The Balaban J connectivity index is 1.74. The summed E-state index contributed by atoms with van der Waals surface area (Å²) in [5, 5.41) is 0.790. The molecule has 0 N–H and O–H groups in total. The van der Waals surface area contributed by atoms with Gasteiger partial charge in [-0.15, -0.1) is 11.6 Å². The first-order valence-electron chi connectivity index (χ1n) is 2.69. The first-order valence-corrected chi connectivity index (χ1v) is 4.27. The normalized spacial score (nSPS) is 25.9. The van der Waals surface area contributed by atoms with Crippen molar-refractivity contribution in [2.75, 3.05) is 24.8 Å². The van der Waals surface area contributed by atoms with E-state index in [9.17, 15) is 0 Å². The maximum Gasteiger partial charge on any atom is 0.0602 e. The third-order valence-electron chi connectivity index (χ3n) is 0.928. The smallest absolute Gasteiger partial charge is 0.0602 e. The van der Waals surface area contributed by atoms with Crippen molar-refractivity contribution in [3.63, 3.8) is 0 Å². The predicted molar refractivity (Wildman–Crippen MR) is 37.8 cm³/mol. The number of ether oxygens (including phenoxy) is 1. The largest absolute Gasteiger partial charge is 0.379 e. The second-order valence-corrected chi connectivity index (χ2v) is 3.43. The van der Waals surface area contributed by atoms with Crippen LogP contribution in [0.4, 0.5) is 0 Å². The van der Waals surface area contributed by atoms with Crippen molar-refractivity contribution < 1.29 is 4.74 Å². The molecule has 3 heteroatoms. The highest BCUT2D eigenvalue weighted by Crippen LogP contribution is 2.29. The van der Waals surface area contributed by atoms with Crippen molar-refractivity contribution >= 4 is 23.4 Å². The van der Waals surface area contributed by atoms with Crippen LogP contribution in [-0.2, 0) is 4.74 Å². The molecule has 0 amide bonds. The molecule has 48 valence electrons. The van der Waals surface area contributed by atoms with Crippen LogP contribution in [0.5, 0.6) is 0 Å². The van der Waals surface area contributed by atoms with E-state index in [2.05, 4.69) is 0 Å². The molecule has 0 aliphatic carbocycles. The molecule has 1 atom stereocenters. The van der Waals surface area contributed by atoms with Gasteiger partial charge >= 0.3 is 0 Å². The lowest BCUT2D eigenvalue weighted by atomic mass is 10.5. The Bertz CT molecular complexity index is 65.4. The Morgan fingerprint density at radius 3 is 3.00 bits per heavy atom. The molecule has 1 heterocycles. The molecule has 0 bridgehead atoms. The summed E-state index contributed by atoms with van der Waals surface area (Å²) in [7, 11) is 0. The number of rotatable bonds is 4. The van der Waals surface area contributed by atoms with E-state index >= 15 is 0 Å². The van der Waals surface area contributed by atoms with Gasteiger partial charge in [0.15, 0.2) is 0 Å². The lowest BCUT2D eigenvalue weighted by molar-refractivity contribution is 0.158. The van der Waals surface area contributed by atoms with Crippen LogP contribution in [0.2, 0.25) is 0 Å². The quantitative estimate of drug-likeness (QED) is 0.342. The van der Waals surface area contributed by atoms with E-state index in [-0.39, 0.29) is 0 Å². The molecule has 0 saturated carbocycles. The molecule has 1 aliphatic rings. The number of hydrogen-bond donors (Lipinski definition) is 0. The maximum atomic E-state index is 5.37. The Labute approximate surface area is 58.7 Å². The van der Waals surface area contributed by atoms with Crippen LogP contribution in [-0.4, -0.2) is 30.1 Å². The summed E-state index contributed by atoms with van der Waals surface area (Å²) >= 11 is 7.32. The molecule has 0 radical (unpaired) electrons. The molecule has 1 rings (SSSR count). The van der Waals surface area contributed by atoms with Crippen LogP contribution >= 0.6 is 23.4 Å². The first kappa shape index (κ1) is 6.72. The highest BCUT2D eigenvalue weighted by molar-refractivity contribution is 8.06. The summed E-state index contributed by atoms with van der Waals surface area (Å²) in [6.07, 6.45) is 0. The molecular weight excluding hydrogens is 144 g/mol. The third-order valence-corrected chi connectivity index (χ3v) is 2.02. The predicted octanol–water partition coefficient (Wildman–Crippen LogP) is 1.36. The monoisotopic (exact) mass is 152 g/mol. The van der Waals surface area contributed by atoms with Crippen LogP contribution < -0.4 is 0 Å². The molecular formula is C5H9ClOS. The highest BCUT2D eigenvalue weighted by atomic mass is 35.5. The summed E-state index contributed by atoms with van der Waals surface area (Å²) in [5.74, 6) is 1.90. The topological polar surface area (TPSA) is 9.23 Å². The number of thioether (sulfide) groups is 1. The number of hydrogen-bond acceptors (Lipinski definition) is 2. The van der Waals surface area contributed by atoms with Gasteiger partial charge in [0.1, 0.15) is 0 Å². The summed E-state index contributed by atoms with van der Waals surface area (Å²) in [4.78, 5) is 0. The van der Waals surface area contributed by atoms with Gasteiger partial charge < -0.3 is 4.74 Å². The van der Waals surface area contributed by atoms with Crippen molar-refractivity contribution in [2.45, 2.75) is 5.25 Å². The fraction of sp³-hybridized carbons (Fsp3) is 1.00. The minimum atomic E-state index is 0.622. The van der Waals surface area contributed by atoms with Crippen LogP contribution in [0.3, 0.4) is 0 Å². The van der Waals surface area contributed by atoms with Gasteiger partial charge in [0.05, 0.1) is 13.2 Å². The Kier molecular flexibility index (Phi) is 3.02. The van der Waals surface area contributed by atoms with E-state index in [1.807, 2.05) is 11.8 Å². The van der Waals surface area contributed by atoms with Gasteiger partial charge in [-0.05, 0) is 0 Å². The van der Waals surface area contributed by atoms with Crippen LogP contribution in [0.1, 0.15) is 0 Å². The maximum absolute atomic E-state index is 5.37. The minimum absolute atomic E-state index is 0.622. The lowest BCUT2D eigenvalue weighted by Crippen LogP contribution is -2.01. The van der Waals surface area contributed by atoms with Gasteiger partial charge in [0.2, 0.25) is 0 Å². The van der Waals surface area contributed by atoms with Crippen molar-refractivity contribution in [3.05, 3.63) is 0 Å². The Hall–Kier alpha value is 0.600. The van der Waals surface area contributed by atoms with Gasteiger partial charge in [0.25, 0.3) is 0 Å². The van der Waals surface area contributed by atoms with Crippen LogP contribution in [0, 0.1) is 0 Å². The zero-order valence-electron chi connectivity index (χ0n) is 4.60. The second-order valence-electron chi connectivity index (χ2n) is 1.72. The SMILES string of the molecule is ClCCOCC1CS1. The van der Waals surface area contributed by atoms with E-state index in [0.29, 0.717) is 12.5 Å². The van der Waals surface area contributed by atoms with Crippen molar-refractivity contribution in [2.24, 2.45) is 0 Å². The summed E-state index contributed by atoms with van der Waals surface area (Å²) in [5.41, 5.74) is 0. The van der Waals surface area contributed by atoms with Gasteiger partial charge in [-0.2, -0.15) is 11.8 Å². The van der Waals surface area contributed by atoms with Gasteiger partial charge in [-0.25, -0.2) is 0 Å². The first-order chi connectivity index (χ1) is 3.93. The third kappa shape index (κ3) is 2.80. The van der Waals surface area contributed by atoms with Crippen LogP contribution in [0.15, 0.2) is 0 Å². The fourth-order valence-electron chi connectivity index (χ4n) is 0.434. The molecule has 1 fully saturated rings.